The van der Waals surface area contributed by atoms with Gasteiger partial charge in [-0.15, -0.1) is 0 Å². The number of ether oxygens (including phenoxy) is 1. The van der Waals surface area contributed by atoms with Crippen molar-refractivity contribution in [3.63, 3.8) is 0 Å². The highest BCUT2D eigenvalue weighted by atomic mass is 79.9. The molecule has 1 aliphatic rings. The van der Waals surface area contributed by atoms with Gasteiger partial charge in [-0.25, -0.2) is 0 Å². The molecule has 0 unspecified atom stereocenters. The van der Waals surface area contributed by atoms with E-state index in [1.165, 1.54) is 0 Å². The molecule has 0 amide bonds. The first kappa shape index (κ1) is 16.4. The predicted octanol–water partition coefficient (Wildman–Crippen LogP) is 3.52. The number of aryl methyl sites for hydroxylation is 1. The molecule has 0 bridgehead atoms. The van der Waals surface area contributed by atoms with Gasteiger partial charge in [-0.05, 0) is 29.8 Å². The summed E-state index contributed by atoms with van der Waals surface area (Å²) >= 11 is 3.45. The molecular weight excluding hydrogens is 394 g/mol. The van der Waals surface area contributed by atoms with Crippen LogP contribution in [0.4, 0.5) is 0 Å². The molecule has 3 aromatic rings. The Morgan fingerprint density at radius 1 is 1.23 bits per heavy atom. The van der Waals surface area contributed by atoms with Crippen molar-refractivity contribution >= 4 is 26.8 Å². The summed E-state index contributed by atoms with van der Waals surface area (Å²) in [7, 11) is 1.72. The molecule has 4 rings (SSSR count). The summed E-state index contributed by atoms with van der Waals surface area (Å²) in [5.74, 6) is -0.127. The first-order valence-corrected chi connectivity index (χ1v) is 8.77. The number of halogens is 1. The monoisotopic (exact) mass is 407 g/mol. The summed E-state index contributed by atoms with van der Waals surface area (Å²) < 4.78 is 8.22. The van der Waals surface area contributed by atoms with Crippen LogP contribution in [-0.4, -0.2) is 4.57 Å². The summed E-state index contributed by atoms with van der Waals surface area (Å²) in [5, 5.41) is 10.5. The molecule has 26 heavy (non-hydrogen) atoms. The Morgan fingerprint density at radius 3 is 2.73 bits per heavy atom. The number of benzene rings is 2. The zero-order chi connectivity index (χ0) is 18.4. The van der Waals surface area contributed by atoms with Crippen LogP contribution in [0.15, 0.2) is 69.3 Å². The van der Waals surface area contributed by atoms with Crippen LogP contribution in [0.25, 0.3) is 10.9 Å². The van der Waals surface area contributed by atoms with Crippen LogP contribution in [0, 0.1) is 11.3 Å². The molecule has 0 aliphatic carbocycles. The minimum absolute atomic E-state index is 0.0309. The lowest BCUT2D eigenvalue weighted by molar-refractivity contribution is 0.396. The molecular formula is C20H14BrN3O2. The molecule has 128 valence electrons. The van der Waals surface area contributed by atoms with Gasteiger partial charge in [-0.2, -0.15) is 5.26 Å². The highest BCUT2D eigenvalue weighted by molar-refractivity contribution is 9.10. The Kier molecular flexibility index (Phi) is 3.82. The molecule has 1 aromatic heterocycles. The van der Waals surface area contributed by atoms with Gasteiger partial charge in [-0.1, -0.05) is 40.2 Å². The second-order valence-electron chi connectivity index (χ2n) is 6.10. The maximum absolute atomic E-state index is 13.2. The third-order valence-electron chi connectivity index (χ3n) is 4.65. The number of hydrogen-bond acceptors (Lipinski definition) is 4. The molecule has 5 nitrogen and oxygen atoms in total. The summed E-state index contributed by atoms with van der Waals surface area (Å²) in [6.07, 6.45) is 0. The van der Waals surface area contributed by atoms with Crippen molar-refractivity contribution in [3.8, 4) is 11.8 Å². The molecule has 6 heteroatoms. The molecule has 0 fully saturated rings. The summed E-state index contributed by atoms with van der Waals surface area (Å²) in [4.78, 5) is 13.2. The molecule has 1 atom stereocenters. The standard InChI is InChI=1S/C20H14BrN3O2/c1-24-15-8-3-2-7-13(15)18-17(20(24)25)16(14(10-22)19(23)26-18)11-5-4-6-12(21)9-11/h2-9,16H,23H2,1H3/t16-/m0/s1. The maximum Gasteiger partial charge on any atom is 0.258 e. The number of para-hydroxylation sites is 1. The van der Waals surface area contributed by atoms with Gasteiger partial charge < -0.3 is 15.0 Å². The van der Waals surface area contributed by atoms with Crippen molar-refractivity contribution < 1.29 is 4.74 Å². The average molecular weight is 408 g/mol. The molecule has 2 heterocycles. The van der Waals surface area contributed by atoms with Gasteiger partial charge in [0.05, 0.1) is 17.0 Å². The first-order chi connectivity index (χ1) is 12.5. The number of rotatable bonds is 1. The van der Waals surface area contributed by atoms with Crippen molar-refractivity contribution in [3.05, 3.63) is 85.9 Å². The topological polar surface area (TPSA) is 81.0 Å². The van der Waals surface area contributed by atoms with E-state index in [9.17, 15) is 10.1 Å². The average Bonchev–Trinajstić information content (AvgIpc) is 2.65. The lowest BCUT2D eigenvalue weighted by Crippen LogP contribution is -2.31. The van der Waals surface area contributed by atoms with Crippen LogP contribution in [0.5, 0.6) is 5.75 Å². The lowest BCUT2D eigenvalue weighted by Gasteiger charge is -2.27. The van der Waals surface area contributed by atoms with Crippen molar-refractivity contribution in [1.82, 2.24) is 4.57 Å². The number of nitriles is 1. The molecule has 0 radical (unpaired) electrons. The van der Waals surface area contributed by atoms with Gasteiger partial charge in [0.25, 0.3) is 5.56 Å². The highest BCUT2D eigenvalue weighted by Gasteiger charge is 2.35. The molecule has 1 aliphatic heterocycles. The third-order valence-corrected chi connectivity index (χ3v) is 5.14. The van der Waals surface area contributed by atoms with E-state index >= 15 is 0 Å². The Hall–Kier alpha value is -3.04. The van der Waals surface area contributed by atoms with Gasteiger partial charge in [0.15, 0.2) is 0 Å². The van der Waals surface area contributed by atoms with E-state index in [2.05, 4.69) is 22.0 Å². The molecule has 0 saturated carbocycles. The van der Waals surface area contributed by atoms with Crippen LogP contribution in [-0.2, 0) is 7.05 Å². The number of nitrogens with two attached hydrogens (primary N) is 1. The van der Waals surface area contributed by atoms with E-state index in [4.69, 9.17) is 10.5 Å². The fraction of sp³-hybridized carbons (Fsp3) is 0.100. The highest BCUT2D eigenvalue weighted by Crippen LogP contribution is 2.43. The number of fused-ring (bicyclic) bond motifs is 3. The van der Waals surface area contributed by atoms with Crippen LogP contribution in [0.3, 0.4) is 0 Å². The second-order valence-corrected chi connectivity index (χ2v) is 7.02. The number of pyridine rings is 1. The van der Waals surface area contributed by atoms with E-state index in [1.807, 2.05) is 48.5 Å². The van der Waals surface area contributed by atoms with E-state index in [-0.39, 0.29) is 17.0 Å². The predicted molar refractivity (Wildman–Crippen MR) is 103 cm³/mol. The van der Waals surface area contributed by atoms with E-state index < -0.39 is 5.92 Å². The first-order valence-electron chi connectivity index (χ1n) is 7.97. The minimum Gasteiger partial charge on any atom is -0.439 e. The zero-order valence-corrected chi connectivity index (χ0v) is 15.4. The third kappa shape index (κ3) is 2.32. The molecule has 2 aromatic carbocycles. The normalized spacial score (nSPS) is 16.1. The summed E-state index contributed by atoms with van der Waals surface area (Å²) in [5.41, 5.74) is 8.07. The van der Waals surface area contributed by atoms with Crippen LogP contribution < -0.4 is 16.0 Å². The smallest absolute Gasteiger partial charge is 0.258 e. The summed E-state index contributed by atoms with van der Waals surface area (Å²) in [6, 6.07) is 17.1. The van der Waals surface area contributed by atoms with Gasteiger partial charge >= 0.3 is 0 Å². The van der Waals surface area contributed by atoms with Crippen LogP contribution in [0.1, 0.15) is 17.0 Å². The molecule has 0 saturated heterocycles. The van der Waals surface area contributed by atoms with Crippen LogP contribution >= 0.6 is 15.9 Å². The Bertz CT molecular complexity index is 1190. The van der Waals surface area contributed by atoms with Crippen molar-refractivity contribution in [2.24, 2.45) is 12.8 Å². The van der Waals surface area contributed by atoms with E-state index in [0.29, 0.717) is 11.3 Å². The molecule has 2 N–H and O–H groups in total. The number of allylic oxidation sites excluding steroid dienone is 1. The van der Waals surface area contributed by atoms with Crippen molar-refractivity contribution in [1.29, 1.82) is 5.26 Å². The fourth-order valence-corrected chi connectivity index (χ4v) is 3.86. The van der Waals surface area contributed by atoms with Gasteiger partial charge in [0.1, 0.15) is 17.4 Å². The van der Waals surface area contributed by atoms with Gasteiger partial charge in [-0.3, -0.25) is 4.79 Å². The Labute approximate surface area is 158 Å². The van der Waals surface area contributed by atoms with E-state index in [1.54, 1.807) is 11.6 Å². The van der Waals surface area contributed by atoms with E-state index in [0.717, 1.165) is 20.9 Å². The van der Waals surface area contributed by atoms with Crippen LogP contribution in [0.2, 0.25) is 0 Å². The maximum atomic E-state index is 13.2. The van der Waals surface area contributed by atoms with Gasteiger partial charge in [0.2, 0.25) is 5.88 Å². The SMILES string of the molecule is Cn1c(=O)c2c(c3ccccc31)OC(N)=C(C#N)[C@@H]2c1cccc(Br)c1. The Balaban J connectivity index is 2.14. The Morgan fingerprint density at radius 2 is 2.00 bits per heavy atom. The van der Waals surface area contributed by atoms with Gasteiger partial charge in [0, 0.05) is 16.9 Å². The molecule has 0 spiro atoms. The second kappa shape index (κ2) is 6.04. The zero-order valence-electron chi connectivity index (χ0n) is 13.9. The minimum atomic E-state index is -0.579. The number of aromatic nitrogens is 1. The van der Waals surface area contributed by atoms with Crippen molar-refractivity contribution in [2.45, 2.75) is 5.92 Å². The number of nitrogens with zero attached hydrogens (tertiary/aromatic N) is 2. The number of hydrogen-bond donors (Lipinski definition) is 1. The largest absolute Gasteiger partial charge is 0.439 e. The quantitative estimate of drug-likeness (QED) is 0.668. The fourth-order valence-electron chi connectivity index (χ4n) is 3.45. The summed E-state index contributed by atoms with van der Waals surface area (Å²) in [6.45, 7) is 0. The lowest BCUT2D eigenvalue weighted by atomic mass is 9.83. The van der Waals surface area contributed by atoms with Crippen molar-refractivity contribution in [2.75, 3.05) is 0 Å².